The Bertz CT molecular complexity index is 1500. The second kappa shape index (κ2) is 8.37. The third-order valence-corrected chi connectivity index (χ3v) is 6.36. The Hall–Kier alpha value is -4.06. The number of hydrogen-bond acceptors (Lipinski definition) is 4. The highest BCUT2D eigenvalue weighted by molar-refractivity contribution is 5.71. The van der Waals surface area contributed by atoms with Gasteiger partial charge in [0, 0.05) is 22.3 Å². The summed E-state index contributed by atoms with van der Waals surface area (Å²) in [6.07, 6.45) is 0. The van der Waals surface area contributed by atoms with Crippen molar-refractivity contribution in [3.8, 4) is 45.6 Å². The van der Waals surface area contributed by atoms with E-state index in [9.17, 15) is 0 Å². The minimum Gasteiger partial charge on any atom is -0.259 e. The molecule has 170 valence electrons. The minimum atomic E-state index is 0.702. The van der Waals surface area contributed by atoms with Crippen LogP contribution in [0.2, 0.25) is 0 Å². The van der Waals surface area contributed by atoms with E-state index in [0.29, 0.717) is 11.6 Å². The molecule has 6 heteroatoms. The molecule has 0 amide bonds. The second-order valence-electron chi connectivity index (χ2n) is 9.12. The highest BCUT2D eigenvalue weighted by Gasteiger charge is 2.15. The average molecular weight is 449 g/mol. The van der Waals surface area contributed by atoms with Crippen molar-refractivity contribution in [2.45, 2.75) is 41.5 Å². The molecule has 0 fully saturated rings. The van der Waals surface area contributed by atoms with E-state index in [1.165, 1.54) is 33.4 Å². The van der Waals surface area contributed by atoms with Crippen LogP contribution in [0.3, 0.4) is 0 Å². The van der Waals surface area contributed by atoms with Gasteiger partial charge in [-0.3, -0.25) is 10.2 Å². The quantitative estimate of drug-likeness (QED) is 0.331. The molecule has 0 spiro atoms. The van der Waals surface area contributed by atoms with Crippen molar-refractivity contribution in [3.05, 3.63) is 81.9 Å². The van der Waals surface area contributed by atoms with E-state index in [4.69, 9.17) is 9.97 Å². The van der Waals surface area contributed by atoms with Gasteiger partial charge in [0.05, 0.1) is 0 Å². The number of aromatic amines is 2. The van der Waals surface area contributed by atoms with Crippen molar-refractivity contribution < 1.29 is 0 Å². The Kier molecular flexibility index (Phi) is 5.36. The van der Waals surface area contributed by atoms with Crippen LogP contribution in [0.5, 0.6) is 0 Å². The summed E-state index contributed by atoms with van der Waals surface area (Å²) in [5.41, 5.74) is 11.3. The van der Waals surface area contributed by atoms with Crippen LogP contribution in [0.1, 0.15) is 33.4 Å². The zero-order valence-corrected chi connectivity index (χ0v) is 20.4. The summed E-state index contributed by atoms with van der Waals surface area (Å²) < 4.78 is 0. The lowest BCUT2D eigenvalue weighted by Gasteiger charge is -2.07. The number of aromatic nitrogens is 6. The van der Waals surface area contributed by atoms with E-state index in [-0.39, 0.29) is 0 Å². The zero-order valence-electron chi connectivity index (χ0n) is 20.4. The number of benzene rings is 3. The highest BCUT2D eigenvalue weighted by Crippen LogP contribution is 2.29. The maximum Gasteiger partial charge on any atom is 0.182 e. The first kappa shape index (κ1) is 21.8. The van der Waals surface area contributed by atoms with E-state index in [1.54, 1.807) is 0 Å². The number of hydrogen-bond donors (Lipinski definition) is 2. The molecule has 2 heterocycles. The van der Waals surface area contributed by atoms with Crippen molar-refractivity contribution in [1.82, 2.24) is 30.4 Å². The van der Waals surface area contributed by atoms with Crippen LogP contribution in [0.15, 0.2) is 48.5 Å². The molecule has 0 aliphatic rings. The molecule has 5 aromatic rings. The van der Waals surface area contributed by atoms with Gasteiger partial charge in [0.15, 0.2) is 23.3 Å². The van der Waals surface area contributed by atoms with Crippen LogP contribution in [-0.4, -0.2) is 30.4 Å². The molecule has 0 aliphatic carbocycles. The predicted octanol–water partition coefficient (Wildman–Crippen LogP) is 6.44. The molecule has 2 aromatic heterocycles. The summed E-state index contributed by atoms with van der Waals surface area (Å²) in [5.74, 6) is 2.86. The number of aryl methyl sites for hydroxylation is 6. The lowest BCUT2D eigenvalue weighted by molar-refractivity contribution is 1.09. The Morgan fingerprint density at radius 3 is 1.76 bits per heavy atom. The molecule has 0 saturated heterocycles. The fourth-order valence-corrected chi connectivity index (χ4v) is 4.56. The first-order valence-electron chi connectivity index (χ1n) is 11.4. The first-order chi connectivity index (χ1) is 16.3. The SMILES string of the molecule is Cc1cc(C)c(-c2n[nH]c(-c3cccc(-c4nc(-c5cc(C)c(C)cc5C)n[nH]4)c3)n2)c(C)c1. The summed E-state index contributed by atoms with van der Waals surface area (Å²) in [5, 5.41) is 15.2. The van der Waals surface area contributed by atoms with Crippen molar-refractivity contribution in [1.29, 1.82) is 0 Å². The summed E-state index contributed by atoms with van der Waals surface area (Å²) in [7, 11) is 0. The maximum absolute atomic E-state index is 4.81. The summed E-state index contributed by atoms with van der Waals surface area (Å²) in [6.45, 7) is 12.6. The molecule has 34 heavy (non-hydrogen) atoms. The topological polar surface area (TPSA) is 83.1 Å². The van der Waals surface area contributed by atoms with E-state index >= 15 is 0 Å². The molecule has 6 nitrogen and oxygen atoms in total. The van der Waals surface area contributed by atoms with Crippen molar-refractivity contribution >= 4 is 0 Å². The van der Waals surface area contributed by atoms with Crippen molar-refractivity contribution in [2.24, 2.45) is 0 Å². The molecule has 3 aromatic carbocycles. The lowest BCUT2D eigenvalue weighted by Crippen LogP contribution is -1.92. The molecule has 0 aliphatic heterocycles. The van der Waals surface area contributed by atoms with Gasteiger partial charge in [-0.05, 0) is 81.5 Å². The van der Waals surface area contributed by atoms with Gasteiger partial charge in [0.25, 0.3) is 0 Å². The van der Waals surface area contributed by atoms with Crippen LogP contribution < -0.4 is 0 Å². The van der Waals surface area contributed by atoms with Gasteiger partial charge in [0.2, 0.25) is 0 Å². The van der Waals surface area contributed by atoms with E-state index in [2.05, 4.69) is 92.3 Å². The van der Waals surface area contributed by atoms with Gasteiger partial charge < -0.3 is 0 Å². The van der Waals surface area contributed by atoms with Gasteiger partial charge in [-0.25, -0.2) is 9.97 Å². The molecule has 0 radical (unpaired) electrons. The molecular formula is C28H28N6. The maximum atomic E-state index is 4.81. The number of nitrogens with zero attached hydrogens (tertiary/aromatic N) is 4. The lowest BCUT2D eigenvalue weighted by atomic mass is 9.99. The molecule has 0 saturated carbocycles. The Morgan fingerprint density at radius 1 is 0.559 bits per heavy atom. The van der Waals surface area contributed by atoms with Gasteiger partial charge in [0.1, 0.15) is 0 Å². The normalized spacial score (nSPS) is 11.2. The van der Waals surface area contributed by atoms with Gasteiger partial charge in [-0.2, -0.15) is 10.2 Å². The fourth-order valence-electron chi connectivity index (χ4n) is 4.56. The standard InChI is InChI=1S/C28H28N6/c1-15-10-19(5)24(20(6)11-15)28-30-26(32-34-28)22-9-7-8-21(14-22)25-29-27(33-31-25)23-13-17(3)16(2)12-18(23)4/h7-14H,1-6H3,(H,29,31,33)(H,30,32,34). The molecule has 2 N–H and O–H groups in total. The second-order valence-corrected chi connectivity index (χ2v) is 9.12. The van der Waals surface area contributed by atoms with Crippen LogP contribution in [0, 0.1) is 41.5 Å². The third kappa shape index (κ3) is 3.92. The molecule has 0 atom stereocenters. The smallest absolute Gasteiger partial charge is 0.182 e. The molecule has 5 rings (SSSR count). The average Bonchev–Trinajstić information content (AvgIpc) is 3.46. The van der Waals surface area contributed by atoms with Gasteiger partial charge in [-0.1, -0.05) is 42.0 Å². The summed E-state index contributed by atoms with van der Waals surface area (Å²) >= 11 is 0. The Morgan fingerprint density at radius 2 is 1.12 bits per heavy atom. The van der Waals surface area contributed by atoms with Crippen molar-refractivity contribution in [3.63, 3.8) is 0 Å². The van der Waals surface area contributed by atoms with Gasteiger partial charge in [-0.15, -0.1) is 0 Å². The van der Waals surface area contributed by atoms with E-state index in [0.717, 1.165) is 33.9 Å². The molecular weight excluding hydrogens is 420 g/mol. The van der Waals surface area contributed by atoms with Crippen LogP contribution in [0.25, 0.3) is 45.6 Å². The predicted molar refractivity (Wildman–Crippen MR) is 136 cm³/mol. The van der Waals surface area contributed by atoms with Crippen LogP contribution >= 0.6 is 0 Å². The third-order valence-electron chi connectivity index (χ3n) is 6.36. The van der Waals surface area contributed by atoms with E-state index < -0.39 is 0 Å². The zero-order chi connectivity index (χ0) is 24.0. The number of nitrogens with one attached hydrogen (secondary N) is 2. The van der Waals surface area contributed by atoms with E-state index in [1.807, 2.05) is 18.2 Å². The molecule has 0 bridgehead atoms. The fraction of sp³-hybridized carbons (Fsp3) is 0.214. The summed E-state index contributed by atoms with van der Waals surface area (Å²) in [4.78, 5) is 9.59. The monoisotopic (exact) mass is 448 g/mol. The number of rotatable bonds is 4. The van der Waals surface area contributed by atoms with Crippen LogP contribution in [0.4, 0.5) is 0 Å². The largest absolute Gasteiger partial charge is 0.259 e. The Balaban J connectivity index is 1.48. The summed E-state index contributed by atoms with van der Waals surface area (Å²) in [6, 6.07) is 16.8. The minimum absolute atomic E-state index is 0.702. The first-order valence-corrected chi connectivity index (χ1v) is 11.4. The van der Waals surface area contributed by atoms with Crippen LogP contribution in [-0.2, 0) is 0 Å². The van der Waals surface area contributed by atoms with Crippen molar-refractivity contribution in [2.75, 3.05) is 0 Å². The highest BCUT2D eigenvalue weighted by atomic mass is 15.2. The van der Waals surface area contributed by atoms with Gasteiger partial charge >= 0.3 is 0 Å². The number of H-pyrrole nitrogens is 2. The molecule has 0 unspecified atom stereocenters. The Labute approximate surface area is 199 Å².